The van der Waals surface area contributed by atoms with Gasteiger partial charge in [-0.25, -0.2) is 0 Å². The summed E-state index contributed by atoms with van der Waals surface area (Å²) < 4.78 is 32.5. The maximum atomic E-state index is 13.9. The molecule has 1 heterocycles. The lowest BCUT2D eigenvalue weighted by molar-refractivity contribution is -0.116. The van der Waals surface area contributed by atoms with E-state index in [1.807, 2.05) is 48.5 Å². The van der Waals surface area contributed by atoms with Crippen LogP contribution in [-0.2, 0) is 21.7 Å². The molecular formula is C34H38F2N4O3. The molecular weight excluding hydrogens is 550 g/mol. The van der Waals surface area contributed by atoms with Gasteiger partial charge in [0.05, 0.1) is 11.7 Å². The van der Waals surface area contributed by atoms with Crippen molar-refractivity contribution >= 4 is 11.6 Å². The maximum absolute atomic E-state index is 13.9. The Bertz CT molecular complexity index is 1520. The molecule has 1 amide bonds. The Morgan fingerprint density at radius 1 is 1.07 bits per heavy atom. The molecule has 0 spiro atoms. The molecule has 9 heteroatoms. The number of carbonyl (C=O) groups is 1. The first-order chi connectivity index (χ1) is 20.3. The van der Waals surface area contributed by atoms with Crippen molar-refractivity contribution in [2.24, 2.45) is 5.41 Å². The molecule has 2 bridgehead atoms. The lowest BCUT2D eigenvalue weighted by Crippen LogP contribution is -2.51. The van der Waals surface area contributed by atoms with Gasteiger partial charge in [0.1, 0.15) is 0 Å². The fourth-order valence-corrected chi connectivity index (χ4v) is 6.50. The van der Waals surface area contributed by atoms with Crippen LogP contribution in [0.5, 0.6) is 0 Å². The van der Waals surface area contributed by atoms with Crippen molar-refractivity contribution in [2.75, 3.05) is 11.4 Å². The summed E-state index contributed by atoms with van der Waals surface area (Å²) in [5, 5.41) is 23.4. The number of benzene rings is 2. The molecule has 0 unspecified atom stereocenters. The minimum absolute atomic E-state index is 0.154. The number of fused-ring (bicyclic) bond motifs is 3. The van der Waals surface area contributed by atoms with Crippen molar-refractivity contribution < 1.29 is 23.2 Å². The van der Waals surface area contributed by atoms with E-state index in [-0.39, 0.29) is 17.7 Å². The molecule has 3 aliphatic rings. The number of hydrogen-bond acceptors (Lipinski definition) is 6. The highest BCUT2D eigenvalue weighted by molar-refractivity contribution is 6.05. The third-order valence-corrected chi connectivity index (χ3v) is 9.34. The van der Waals surface area contributed by atoms with Crippen LogP contribution in [0.1, 0.15) is 89.4 Å². The van der Waals surface area contributed by atoms with Gasteiger partial charge in [-0.1, -0.05) is 48.1 Å². The van der Waals surface area contributed by atoms with Gasteiger partial charge in [0.25, 0.3) is 11.8 Å². The Morgan fingerprint density at radius 2 is 1.72 bits per heavy atom. The standard InChI is InChI=1S/C34H38F2N4O3/c1-23(7-6-20-37)28(41)40(27-9-5-8-25(21-27)24-10-12-26(13-11-24)31(2,3)42)22-33-14-17-34(18-15-33,19-16-33)29-38-30(43-39-29)32(4,35)36/h5,8-13,21,42H,1,6-7,14-19,22H2,2-4H3. The van der Waals surface area contributed by atoms with Crippen molar-refractivity contribution in [1.29, 1.82) is 5.26 Å². The second kappa shape index (κ2) is 11.3. The number of carbonyl (C=O) groups excluding carboxylic acids is 1. The average Bonchev–Trinajstić information content (AvgIpc) is 3.51. The van der Waals surface area contributed by atoms with Gasteiger partial charge in [0.15, 0.2) is 5.82 Å². The second-order valence-electron chi connectivity index (χ2n) is 12.9. The highest BCUT2D eigenvalue weighted by Gasteiger charge is 2.53. The summed E-state index contributed by atoms with van der Waals surface area (Å²) >= 11 is 0. The zero-order valence-electron chi connectivity index (χ0n) is 25.0. The maximum Gasteiger partial charge on any atom is 0.322 e. The molecule has 2 aromatic carbocycles. The van der Waals surface area contributed by atoms with E-state index in [2.05, 4.69) is 22.8 Å². The van der Waals surface area contributed by atoms with Gasteiger partial charge in [0.2, 0.25) is 0 Å². The van der Waals surface area contributed by atoms with Crippen molar-refractivity contribution in [2.45, 2.75) is 89.1 Å². The van der Waals surface area contributed by atoms with Gasteiger partial charge < -0.3 is 14.5 Å². The first kappa shape index (κ1) is 30.6. The van der Waals surface area contributed by atoms with E-state index in [1.54, 1.807) is 18.7 Å². The quantitative estimate of drug-likeness (QED) is 0.245. The summed E-state index contributed by atoms with van der Waals surface area (Å²) in [5.41, 5.74) is 2.34. The van der Waals surface area contributed by atoms with Crippen molar-refractivity contribution in [1.82, 2.24) is 10.1 Å². The summed E-state index contributed by atoms with van der Waals surface area (Å²) in [6.45, 7) is 8.75. The predicted octanol–water partition coefficient (Wildman–Crippen LogP) is 7.56. The summed E-state index contributed by atoms with van der Waals surface area (Å²) in [7, 11) is 0. The molecule has 0 aliphatic heterocycles. The lowest BCUT2D eigenvalue weighted by Gasteiger charge is -2.53. The minimum Gasteiger partial charge on any atom is -0.386 e. The molecule has 0 radical (unpaired) electrons. The summed E-state index contributed by atoms with van der Waals surface area (Å²) in [6.07, 6.45) is 5.08. The van der Waals surface area contributed by atoms with Crippen LogP contribution in [0.2, 0.25) is 0 Å². The van der Waals surface area contributed by atoms with E-state index < -0.39 is 22.8 Å². The second-order valence-corrected chi connectivity index (χ2v) is 12.9. The molecule has 3 aliphatic carbocycles. The van der Waals surface area contributed by atoms with Crippen LogP contribution in [0.15, 0.2) is 65.2 Å². The summed E-state index contributed by atoms with van der Waals surface area (Å²) in [4.78, 5) is 19.8. The predicted molar refractivity (Wildman–Crippen MR) is 159 cm³/mol. The summed E-state index contributed by atoms with van der Waals surface area (Å²) in [5.74, 6) is -3.68. The molecule has 226 valence electrons. The number of halogens is 2. The van der Waals surface area contributed by atoms with Crippen LogP contribution in [-0.4, -0.2) is 27.7 Å². The number of aliphatic hydroxyl groups is 1. The van der Waals surface area contributed by atoms with Crippen molar-refractivity contribution in [3.8, 4) is 17.2 Å². The third kappa shape index (κ3) is 6.25. The van der Waals surface area contributed by atoms with Crippen LogP contribution < -0.4 is 4.90 Å². The van der Waals surface area contributed by atoms with Crippen LogP contribution in [0.4, 0.5) is 14.5 Å². The summed E-state index contributed by atoms with van der Waals surface area (Å²) in [6, 6.07) is 17.6. The van der Waals surface area contributed by atoms with E-state index in [0.717, 1.165) is 67.8 Å². The number of rotatable bonds is 10. The fourth-order valence-electron chi connectivity index (χ4n) is 6.50. The monoisotopic (exact) mass is 588 g/mol. The molecule has 1 N–H and O–H groups in total. The Kier molecular flexibility index (Phi) is 8.03. The molecule has 6 rings (SSSR count). The molecule has 3 aromatic rings. The number of alkyl halides is 2. The number of hydrogen-bond donors (Lipinski definition) is 1. The Morgan fingerprint density at radius 3 is 2.28 bits per heavy atom. The normalized spacial score (nSPS) is 21.8. The largest absolute Gasteiger partial charge is 0.386 e. The van der Waals surface area contributed by atoms with E-state index in [0.29, 0.717) is 24.4 Å². The Labute approximate surface area is 251 Å². The zero-order valence-corrected chi connectivity index (χ0v) is 25.0. The topological polar surface area (TPSA) is 103 Å². The first-order valence-electron chi connectivity index (χ1n) is 14.8. The zero-order chi connectivity index (χ0) is 31.0. The van der Waals surface area contributed by atoms with Gasteiger partial charge in [0, 0.05) is 36.6 Å². The van der Waals surface area contributed by atoms with E-state index in [9.17, 15) is 18.7 Å². The van der Waals surface area contributed by atoms with Gasteiger partial charge in [-0.05, 0) is 93.0 Å². The van der Waals surface area contributed by atoms with Crippen molar-refractivity contribution in [3.05, 3.63) is 78.0 Å². The first-order valence-corrected chi connectivity index (χ1v) is 14.8. The van der Waals surface area contributed by atoms with Crippen LogP contribution in [0, 0.1) is 16.7 Å². The number of nitrogens with zero attached hydrogens (tertiary/aromatic N) is 4. The van der Waals surface area contributed by atoms with Crippen molar-refractivity contribution in [3.63, 3.8) is 0 Å². The number of nitriles is 1. The van der Waals surface area contributed by atoms with Crippen LogP contribution in [0.25, 0.3) is 11.1 Å². The SMILES string of the molecule is C=C(CCC#N)C(=O)N(CC12CCC(c3noc(C(C)(F)F)n3)(CC1)CC2)c1cccc(-c2ccc(C(C)(C)O)cc2)c1. The van der Waals surface area contributed by atoms with E-state index in [4.69, 9.17) is 9.78 Å². The lowest BCUT2D eigenvalue weighted by atomic mass is 9.53. The highest BCUT2D eigenvalue weighted by Crippen LogP contribution is 2.57. The molecule has 43 heavy (non-hydrogen) atoms. The molecule has 3 fully saturated rings. The van der Waals surface area contributed by atoms with Gasteiger partial charge in [-0.15, -0.1) is 0 Å². The van der Waals surface area contributed by atoms with E-state index in [1.165, 1.54) is 0 Å². The van der Waals surface area contributed by atoms with Crippen LogP contribution in [0.3, 0.4) is 0 Å². The molecule has 3 saturated carbocycles. The van der Waals surface area contributed by atoms with Gasteiger partial charge in [-0.3, -0.25) is 4.79 Å². The molecule has 1 aromatic heterocycles. The molecule has 7 nitrogen and oxygen atoms in total. The number of aromatic nitrogens is 2. The van der Waals surface area contributed by atoms with Crippen LogP contribution >= 0.6 is 0 Å². The average molecular weight is 589 g/mol. The number of amides is 1. The Balaban J connectivity index is 1.41. The molecule has 0 saturated heterocycles. The van der Waals surface area contributed by atoms with Gasteiger partial charge >= 0.3 is 5.92 Å². The minimum atomic E-state index is -3.18. The fraction of sp³-hybridized carbons (Fsp3) is 0.471. The van der Waals surface area contributed by atoms with Gasteiger partial charge in [-0.2, -0.15) is 19.0 Å². The third-order valence-electron chi connectivity index (χ3n) is 9.34. The molecule has 0 atom stereocenters. The van der Waals surface area contributed by atoms with E-state index >= 15 is 0 Å². The smallest absolute Gasteiger partial charge is 0.322 e. The number of anilines is 1. The Hall–Kier alpha value is -3.90. The highest BCUT2D eigenvalue weighted by atomic mass is 19.3.